The molecule has 4 rings (SSSR count). The fourth-order valence-electron chi connectivity index (χ4n) is 3.74. The first-order valence-corrected chi connectivity index (χ1v) is 7.83. The van der Waals surface area contributed by atoms with Crippen LogP contribution in [0.1, 0.15) is 24.5 Å². The molecule has 1 aliphatic heterocycles. The second kappa shape index (κ2) is 4.80. The van der Waals surface area contributed by atoms with E-state index in [1.165, 1.54) is 0 Å². The van der Waals surface area contributed by atoms with Crippen molar-refractivity contribution in [1.29, 1.82) is 0 Å². The van der Waals surface area contributed by atoms with Crippen LogP contribution in [-0.2, 0) is 15.0 Å². The number of ketones is 1. The quantitative estimate of drug-likeness (QED) is 0.863. The van der Waals surface area contributed by atoms with E-state index in [1.54, 1.807) is 25.1 Å². The van der Waals surface area contributed by atoms with E-state index >= 15 is 0 Å². The number of Topliss-reactive ketones (excluding diaryl/α,β-unsaturated/α-hetero) is 1. The lowest BCUT2D eigenvalue weighted by atomic mass is 9.73. The van der Waals surface area contributed by atoms with E-state index in [2.05, 4.69) is 5.32 Å². The number of hydrogen-bond donors (Lipinski definition) is 1. The summed E-state index contributed by atoms with van der Waals surface area (Å²) in [6, 6.07) is 15.0. The highest BCUT2D eigenvalue weighted by Crippen LogP contribution is 2.54. The van der Waals surface area contributed by atoms with Crippen LogP contribution in [-0.4, -0.2) is 11.7 Å². The number of anilines is 1. The van der Waals surface area contributed by atoms with Gasteiger partial charge in [-0.1, -0.05) is 41.9 Å². The molecule has 0 bridgehead atoms. The standard InChI is InChI=1S/C19H14ClNO2/c1-11-16(22)10-19(17(11)12-5-3-2-4-6-12)14-9-13(20)7-8-15(14)21-18(19)23/h2-9H,10H2,1H3,(H,21,23). The molecule has 1 amide bonds. The Hall–Kier alpha value is -2.39. The highest BCUT2D eigenvalue weighted by Gasteiger charge is 2.55. The van der Waals surface area contributed by atoms with Gasteiger partial charge < -0.3 is 5.32 Å². The summed E-state index contributed by atoms with van der Waals surface area (Å²) in [5, 5.41) is 3.47. The summed E-state index contributed by atoms with van der Waals surface area (Å²) < 4.78 is 0. The number of fused-ring (bicyclic) bond motifs is 2. The van der Waals surface area contributed by atoms with Crippen LogP contribution in [0, 0.1) is 0 Å². The van der Waals surface area contributed by atoms with Crippen LogP contribution in [0.15, 0.2) is 54.1 Å². The number of carbonyl (C=O) groups is 2. The maximum Gasteiger partial charge on any atom is 0.240 e. The minimum atomic E-state index is -0.969. The van der Waals surface area contributed by atoms with Crippen LogP contribution >= 0.6 is 11.6 Å². The third-order valence-electron chi connectivity index (χ3n) is 4.79. The summed E-state index contributed by atoms with van der Waals surface area (Å²) in [7, 11) is 0. The van der Waals surface area contributed by atoms with Crippen molar-refractivity contribution in [3.63, 3.8) is 0 Å². The van der Waals surface area contributed by atoms with Crippen molar-refractivity contribution in [1.82, 2.24) is 0 Å². The molecule has 1 atom stereocenters. The molecule has 23 heavy (non-hydrogen) atoms. The van der Waals surface area contributed by atoms with Gasteiger partial charge in [0.05, 0.1) is 0 Å². The first-order chi connectivity index (χ1) is 11.0. The molecule has 0 radical (unpaired) electrons. The number of nitrogens with one attached hydrogen (secondary N) is 1. The van der Waals surface area contributed by atoms with Gasteiger partial charge in [-0.2, -0.15) is 0 Å². The Morgan fingerprint density at radius 1 is 1.09 bits per heavy atom. The van der Waals surface area contributed by atoms with E-state index in [0.29, 0.717) is 10.6 Å². The molecule has 0 fully saturated rings. The van der Waals surface area contributed by atoms with Crippen molar-refractivity contribution in [2.24, 2.45) is 0 Å². The molecule has 0 aromatic heterocycles. The van der Waals surface area contributed by atoms with Gasteiger partial charge in [0, 0.05) is 17.1 Å². The van der Waals surface area contributed by atoms with Gasteiger partial charge in [-0.3, -0.25) is 9.59 Å². The molecule has 2 aromatic rings. The third-order valence-corrected chi connectivity index (χ3v) is 5.02. The second-order valence-electron chi connectivity index (χ2n) is 6.02. The van der Waals surface area contributed by atoms with Gasteiger partial charge in [0.25, 0.3) is 0 Å². The van der Waals surface area contributed by atoms with Crippen molar-refractivity contribution in [2.75, 3.05) is 5.32 Å². The van der Waals surface area contributed by atoms with E-state index in [9.17, 15) is 9.59 Å². The summed E-state index contributed by atoms with van der Waals surface area (Å²) >= 11 is 6.16. The smallest absolute Gasteiger partial charge is 0.240 e. The van der Waals surface area contributed by atoms with Gasteiger partial charge in [0.2, 0.25) is 5.91 Å². The molecule has 4 heteroatoms. The van der Waals surface area contributed by atoms with Crippen molar-refractivity contribution < 1.29 is 9.59 Å². The van der Waals surface area contributed by atoms with Crippen molar-refractivity contribution >= 4 is 34.6 Å². The fourth-order valence-corrected chi connectivity index (χ4v) is 3.91. The highest BCUT2D eigenvalue weighted by atomic mass is 35.5. The minimum absolute atomic E-state index is 0.00632. The Morgan fingerprint density at radius 3 is 2.57 bits per heavy atom. The predicted octanol–water partition coefficient (Wildman–Crippen LogP) is 3.98. The number of hydrogen-bond acceptors (Lipinski definition) is 2. The van der Waals surface area contributed by atoms with Crippen molar-refractivity contribution in [3.05, 3.63) is 70.3 Å². The average Bonchev–Trinajstić information content (AvgIpc) is 2.96. The number of allylic oxidation sites excluding steroid dienone is 1. The van der Waals surface area contributed by atoms with E-state index in [4.69, 9.17) is 11.6 Å². The first kappa shape index (κ1) is 14.2. The van der Waals surface area contributed by atoms with E-state index in [-0.39, 0.29) is 18.1 Å². The summed E-state index contributed by atoms with van der Waals surface area (Å²) in [5.74, 6) is -0.148. The zero-order valence-electron chi connectivity index (χ0n) is 12.5. The van der Waals surface area contributed by atoms with Crippen LogP contribution in [0.4, 0.5) is 5.69 Å². The average molecular weight is 324 g/mol. The first-order valence-electron chi connectivity index (χ1n) is 7.45. The molecule has 1 N–H and O–H groups in total. The number of halogens is 1. The van der Waals surface area contributed by atoms with Crippen LogP contribution in [0.5, 0.6) is 0 Å². The van der Waals surface area contributed by atoms with Gasteiger partial charge in [-0.05, 0) is 47.4 Å². The van der Waals surface area contributed by atoms with Gasteiger partial charge >= 0.3 is 0 Å². The zero-order chi connectivity index (χ0) is 16.2. The lowest BCUT2D eigenvalue weighted by Gasteiger charge is -2.25. The molecule has 114 valence electrons. The van der Waals surface area contributed by atoms with Crippen LogP contribution in [0.25, 0.3) is 5.57 Å². The minimum Gasteiger partial charge on any atom is -0.325 e. The molecule has 1 aliphatic carbocycles. The lowest BCUT2D eigenvalue weighted by Crippen LogP contribution is -2.34. The van der Waals surface area contributed by atoms with Crippen molar-refractivity contribution in [3.8, 4) is 0 Å². The molecular formula is C19H14ClNO2. The predicted molar refractivity (Wildman–Crippen MR) is 90.4 cm³/mol. The molecule has 3 nitrogen and oxygen atoms in total. The Morgan fingerprint density at radius 2 is 1.83 bits per heavy atom. The fraction of sp³-hybridized carbons (Fsp3) is 0.158. The number of benzene rings is 2. The Labute approximate surface area is 139 Å². The van der Waals surface area contributed by atoms with E-state index in [1.807, 2.05) is 30.3 Å². The molecule has 1 unspecified atom stereocenters. The SMILES string of the molecule is CC1=C(c2ccccc2)C2(CC1=O)C(=O)Nc1ccc(Cl)cc12. The molecule has 0 saturated carbocycles. The Bertz CT molecular complexity index is 885. The highest BCUT2D eigenvalue weighted by molar-refractivity contribution is 6.31. The Balaban J connectivity index is 2.04. The van der Waals surface area contributed by atoms with E-state index < -0.39 is 5.41 Å². The van der Waals surface area contributed by atoms with Crippen LogP contribution in [0.2, 0.25) is 5.02 Å². The van der Waals surface area contributed by atoms with Crippen molar-refractivity contribution in [2.45, 2.75) is 18.8 Å². The molecule has 1 spiro atoms. The molecular weight excluding hydrogens is 310 g/mol. The maximum atomic E-state index is 12.9. The van der Waals surface area contributed by atoms with Gasteiger partial charge in [-0.15, -0.1) is 0 Å². The number of rotatable bonds is 1. The normalized spacial score (nSPS) is 22.7. The summed E-state index contributed by atoms with van der Waals surface area (Å²) in [4.78, 5) is 25.4. The topological polar surface area (TPSA) is 46.2 Å². The zero-order valence-corrected chi connectivity index (χ0v) is 13.3. The Kier molecular flexibility index (Phi) is 2.97. The maximum absolute atomic E-state index is 12.9. The van der Waals surface area contributed by atoms with Gasteiger partial charge in [0.15, 0.2) is 5.78 Å². The second-order valence-corrected chi connectivity index (χ2v) is 6.45. The molecule has 1 heterocycles. The van der Waals surface area contributed by atoms with Crippen LogP contribution in [0.3, 0.4) is 0 Å². The summed E-state index contributed by atoms with van der Waals surface area (Å²) in [6.07, 6.45) is 0.155. The molecule has 2 aliphatic rings. The molecule has 2 aromatic carbocycles. The summed E-state index contributed by atoms with van der Waals surface area (Å²) in [6.45, 7) is 1.80. The monoisotopic (exact) mass is 323 g/mol. The number of carbonyl (C=O) groups excluding carboxylic acids is 2. The van der Waals surface area contributed by atoms with E-state index in [0.717, 1.165) is 22.4 Å². The third kappa shape index (κ3) is 1.83. The molecule has 0 saturated heterocycles. The number of amides is 1. The largest absolute Gasteiger partial charge is 0.325 e. The lowest BCUT2D eigenvalue weighted by molar-refractivity contribution is -0.122. The van der Waals surface area contributed by atoms with Gasteiger partial charge in [-0.25, -0.2) is 0 Å². The van der Waals surface area contributed by atoms with Gasteiger partial charge in [0.1, 0.15) is 5.41 Å². The summed E-state index contributed by atoms with van der Waals surface area (Å²) in [5.41, 5.74) is 2.90. The van der Waals surface area contributed by atoms with Crippen LogP contribution < -0.4 is 5.32 Å².